The quantitative estimate of drug-likeness (QED) is 0.489. The maximum absolute atomic E-state index is 5.74. The average Bonchev–Trinajstić information content (AvgIpc) is 2.83. The SMILES string of the molecule is Cc1ccc(OSN(C)n2cc(C)c3cc(Br)cnc32)cc1. The number of fused-ring (bicyclic) bond motifs is 1. The van der Waals surface area contributed by atoms with E-state index in [0.29, 0.717) is 0 Å². The van der Waals surface area contributed by atoms with E-state index in [1.54, 1.807) is 6.20 Å². The van der Waals surface area contributed by atoms with E-state index in [1.807, 2.05) is 40.4 Å². The molecule has 0 saturated heterocycles. The third kappa shape index (κ3) is 3.08. The van der Waals surface area contributed by atoms with Crippen molar-refractivity contribution in [3.8, 4) is 5.75 Å². The van der Waals surface area contributed by atoms with Gasteiger partial charge in [0.05, 0.1) is 0 Å². The Bertz CT molecular complexity index is 801. The second-order valence-corrected chi connectivity index (χ2v) is 6.88. The zero-order chi connectivity index (χ0) is 15.7. The summed E-state index contributed by atoms with van der Waals surface area (Å²) in [7, 11) is 1.95. The fraction of sp³-hybridized carbons (Fsp3) is 0.188. The smallest absolute Gasteiger partial charge is 0.195 e. The minimum Gasteiger partial charge on any atom is -0.404 e. The fourth-order valence-corrected chi connectivity index (χ4v) is 2.99. The second-order valence-electron chi connectivity index (χ2n) is 5.12. The van der Waals surface area contributed by atoms with Gasteiger partial charge in [-0.25, -0.2) is 14.1 Å². The lowest BCUT2D eigenvalue weighted by molar-refractivity contribution is 0.632. The predicted molar refractivity (Wildman–Crippen MR) is 95.7 cm³/mol. The summed E-state index contributed by atoms with van der Waals surface area (Å²) in [6.07, 6.45) is 3.85. The topological polar surface area (TPSA) is 30.3 Å². The lowest BCUT2D eigenvalue weighted by Gasteiger charge is -2.18. The Balaban J connectivity index is 1.80. The first-order chi connectivity index (χ1) is 10.5. The first kappa shape index (κ1) is 15.2. The summed E-state index contributed by atoms with van der Waals surface area (Å²) < 4.78 is 10.6. The molecule has 0 aliphatic heterocycles. The molecular weight excluding hydrogens is 362 g/mol. The molecule has 0 radical (unpaired) electrons. The van der Waals surface area contributed by atoms with Crippen molar-refractivity contribution in [3.05, 3.63) is 58.3 Å². The number of nitrogens with zero attached hydrogens (tertiary/aromatic N) is 3. The highest BCUT2D eigenvalue weighted by Gasteiger charge is 2.12. The predicted octanol–water partition coefficient (Wildman–Crippen LogP) is 4.63. The van der Waals surface area contributed by atoms with E-state index < -0.39 is 0 Å². The molecule has 2 heterocycles. The van der Waals surface area contributed by atoms with Gasteiger partial charge in [0.2, 0.25) is 0 Å². The van der Waals surface area contributed by atoms with Gasteiger partial charge in [0, 0.05) is 29.3 Å². The van der Waals surface area contributed by atoms with Crippen LogP contribution < -0.4 is 8.60 Å². The van der Waals surface area contributed by atoms with Gasteiger partial charge in [0.25, 0.3) is 0 Å². The number of aromatic nitrogens is 2. The number of halogens is 1. The largest absolute Gasteiger partial charge is 0.404 e. The highest BCUT2D eigenvalue weighted by molar-refractivity contribution is 9.10. The molecule has 0 N–H and O–H groups in total. The van der Waals surface area contributed by atoms with Gasteiger partial charge in [0.15, 0.2) is 17.9 Å². The molecule has 0 aliphatic rings. The first-order valence-electron chi connectivity index (χ1n) is 6.83. The normalized spacial score (nSPS) is 10.9. The van der Waals surface area contributed by atoms with E-state index in [-0.39, 0.29) is 0 Å². The van der Waals surface area contributed by atoms with Gasteiger partial charge in [-0.15, -0.1) is 0 Å². The van der Waals surface area contributed by atoms with E-state index in [2.05, 4.69) is 47.0 Å². The molecule has 2 aromatic heterocycles. The highest BCUT2D eigenvalue weighted by atomic mass is 79.9. The van der Waals surface area contributed by atoms with Crippen molar-refractivity contribution in [3.63, 3.8) is 0 Å². The summed E-state index contributed by atoms with van der Waals surface area (Å²) in [5.74, 6) is 0.825. The van der Waals surface area contributed by atoms with Crippen LogP contribution in [0.3, 0.4) is 0 Å². The van der Waals surface area contributed by atoms with Crippen LogP contribution in [0.1, 0.15) is 11.1 Å². The van der Waals surface area contributed by atoms with Crippen molar-refractivity contribution in [1.29, 1.82) is 0 Å². The lowest BCUT2D eigenvalue weighted by Crippen LogP contribution is -2.22. The zero-order valence-electron chi connectivity index (χ0n) is 12.6. The Hall–Kier alpha value is -1.66. The second kappa shape index (κ2) is 6.22. The van der Waals surface area contributed by atoms with E-state index in [0.717, 1.165) is 21.3 Å². The molecule has 0 bridgehead atoms. The first-order valence-corrected chi connectivity index (χ1v) is 8.32. The number of rotatable bonds is 4. The number of hydrogen-bond donors (Lipinski definition) is 0. The monoisotopic (exact) mass is 377 g/mol. The third-order valence-corrected chi connectivity index (χ3v) is 4.45. The van der Waals surface area contributed by atoms with Crippen LogP contribution in [0.5, 0.6) is 5.75 Å². The Kier molecular flexibility index (Phi) is 4.31. The molecule has 0 aliphatic carbocycles. The summed E-state index contributed by atoms with van der Waals surface area (Å²) in [5, 5.41) is 1.12. The van der Waals surface area contributed by atoms with Crippen LogP contribution in [-0.4, -0.2) is 16.7 Å². The van der Waals surface area contributed by atoms with Crippen LogP contribution in [0.25, 0.3) is 11.0 Å². The molecule has 3 rings (SSSR count). The van der Waals surface area contributed by atoms with Crippen LogP contribution in [0.4, 0.5) is 0 Å². The number of benzene rings is 1. The van der Waals surface area contributed by atoms with Crippen molar-refractivity contribution in [1.82, 2.24) is 9.66 Å². The van der Waals surface area contributed by atoms with Crippen molar-refractivity contribution < 1.29 is 4.18 Å². The van der Waals surface area contributed by atoms with Crippen LogP contribution in [0, 0.1) is 13.8 Å². The van der Waals surface area contributed by atoms with Crippen LogP contribution in [0.15, 0.2) is 47.2 Å². The maximum atomic E-state index is 5.74. The van der Waals surface area contributed by atoms with E-state index in [4.69, 9.17) is 4.18 Å². The lowest BCUT2D eigenvalue weighted by atomic mass is 10.2. The fourth-order valence-electron chi connectivity index (χ4n) is 2.16. The van der Waals surface area contributed by atoms with Crippen LogP contribution >= 0.6 is 28.2 Å². The van der Waals surface area contributed by atoms with E-state index >= 15 is 0 Å². The summed E-state index contributed by atoms with van der Waals surface area (Å²) in [4.78, 5) is 4.49. The minimum atomic E-state index is 0.825. The van der Waals surface area contributed by atoms with Gasteiger partial charge in [-0.2, -0.15) is 0 Å². The van der Waals surface area contributed by atoms with E-state index in [1.165, 1.54) is 23.4 Å². The standard InChI is InChI=1S/C16H16BrN3OS/c1-11-4-6-14(7-5-11)21-22-19(3)20-10-12(2)15-8-13(17)9-18-16(15)20/h4-10H,1-3H3. The number of aryl methyl sites for hydroxylation is 2. The average molecular weight is 378 g/mol. The molecule has 0 amide bonds. The van der Waals surface area contributed by atoms with Gasteiger partial charge in [-0.1, -0.05) is 17.7 Å². The summed E-state index contributed by atoms with van der Waals surface area (Å²) >= 11 is 4.73. The van der Waals surface area contributed by atoms with Crippen LogP contribution in [-0.2, 0) is 0 Å². The maximum Gasteiger partial charge on any atom is 0.195 e. The number of hydrogen-bond acceptors (Lipinski definition) is 4. The zero-order valence-corrected chi connectivity index (χ0v) is 15.0. The van der Waals surface area contributed by atoms with Gasteiger partial charge >= 0.3 is 0 Å². The third-order valence-electron chi connectivity index (χ3n) is 3.36. The van der Waals surface area contributed by atoms with Gasteiger partial charge in [0.1, 0.15) is 5.75 Å². The highest BCUT2D eigenvalue weighted by Crippen LogP contribution is 2.25. The van der Waals surface area contributed by atoms with Crippen molar-refractivity contribution in [2.75, 3.05) is 11.5 Å². The Morgan fingerprint density at radius 3 is 2.68 bits per heavy atom. The molecule has 0 saturated carbocycles. The summed E-state index contributed by atoms with van der Waals surface area (Å²) in [6, 6.07) is 10.1. The van der Waals surface area contributed by atoms with Gasteiger partial charge in [-0.3, -0.25) is 0 Å². The van der Waals surface area contributed by atoms with Crippen LogP contribution in [0.2, 0.25) is 0 Å². The van der Waals surface area contributed by atoms with Crippen molar-refractivity contribution >= 4 is 39.2 Å². The molecule has 114 valence electrons. The van der Waals surface area contributed by atoms with Gasteiger partial charge < -0.3 is 4.18 Å². The molecule has 1 aromatic carbocycles. The molecule has 0 spiro atoms. The molecule has 0 atom stereocenters. The van der Waals surface area contributed by atoms with Gasteiger partial charge in [-0.05, 0) is 53.5 Å². The Morgan fingerprint density at radius 1 is 1.23 bits per heavy atom. The molecular formula is C16H16BrN3OS. The summed E-state index contributed by atoms with van der Waals surface area (Å²) in [6.45, 7) is 4.13. The molecule has 0 fully saturated rings. The Labute approximate surface area is 142 Å². The van der Waals surface area contributed by atoms with E-state index in [9.17, 15) is 0 Å². The molecule has 6 heteroatoms. The number of pyridine rings is 1. The molecule has 22 heavy (non-hydrogen) atoms. The molecule has 0 unspecified atom stereocenters. The van der Waals surface area contributed by atoms with Crippen molar-refractivity contribution in [2.24, 2.45) is 0 Å². The van der Waals surface area contributed by atoms with Crippen molar-refractivity contribution in [2.45, 2.75) is 13.8 Å². The summed E-state index contributed by atoms with van der Waals surface area (Å²) in [5.41, 5.74) is 3.29. The molecule has 3 aromatic rings. The Morgan fingerprint density at radius 2 is 1.95 bits per heavy atom. The minimum absolute atomic E-state index is 0.825. The molecule has 4 nitrogen and oxygen atoms in total.